The molecule has 0 unspecified atom stereocenters. The number of benzene rings is 2. The molecule has 0 saturated carbocycles. The number of carbonyl (C=O) groups excluding carboxylic acids is 1. The first-order valence-electron chi connectivity index (χ1n) is 7.65. The normalized spacial score (nSPS) is 11.3. The first-order chi connectivity index (χ1) is 12.8. The van der Waals surface area contributed by atoms with Crippen molar-refractivity contribution in [3.8, 4) is 23.0 Å². The predicted octanol–water partition coefficient (Wildman–Crippen LogP) is 4.35. The zero-order chi connectivity index (χ0) is 20.0. The van der Waals surface area contributed by atoms with Gasteiger partial charge >= 0.3 is 12.1 Å². The van der Waals surface area contributed by atoms with Crippen molar-refractivity contribution in [3.05, 3.63) is 53.6 Å². The molecule has 0 aliphatic rings. The van der Waals surface area contributed by atoms with E-state index in [-0.39, 0.29) is 5.75 Å². The van der Waals surface area contributed by atoms with Gasteiger partial charge in [-0.2, -0.15) is 13.2 Å². The van der Waals surface area contributed by atoms with Crippen LogP contribution in [0, 0.1) is 0 Å². The summed E-state index contributed by atoms with van der Waals surface area (Å²) in [6, 6.07) is 7.09. The van der Waals surface area contributed by atoms with Gasteiger partial charge in [0.15, 0.2) is 11.5 Å². The lowest BCUT2D eigenvalue weighted by Crippen LogP contribution is -2.06. The van der Waals surface area contributed by atoms with E-state index >= 15 is 0 Å². The molecule has 2 aromatic rings. The fraction of sp³-hybridized carbons (Fsp3) is 0.211. The average molecular weight is 382 g/mol. The van der Waals surface area contributed by atoms with Crippen molar-refractivity contribution in [1.29, 1.82) is 0 Å². The monoisotopic (exact) mass is 382 g/mol. The molecule has 0 N–H and O–H groups in total. The maximum Gasteiger partial charge on any atom is 0.416 e. The topological polar surface area (TPSA) is 54.0 Å². The molecule has 0 amide bonds. The molecule has 144 valence electrons. The van der Waals surface area contributed by atoms with E-state index in [2.05, 4.69) is 0 Å². The Labute approximate surface area is 153 Å². The minimum Gasteiger partial charge on any atom is -0.493 e. The number of ether oxygens (including phenoxy) is 4. The number of methoxy groups -OCH3 is 3. The van der Waals surface area contributed by atoms with Crippen LogP contribution in [-0.4, -0.2) is 27.3 Å². The lowest BCUT2D eigenvalue weighted by molar-refractivity contribution is -0.137. The van der Waals surface area contributed by atoms with Crippen LogP contribution in [0.1, 0.15) is 11.1 Å². The number of rotatable bonds is 6. The molecule has 0 fully saturated rings. The van der Waals surface area contributed by atoms with Crippen LogP contribution < -0.4 is 18.9 Å². The van der Waals surface area contributed by atoms with E-state index in [0.29, 0.717) is 22.8 Å². The quantitative estimate of drug-likeness (QED) is 0.422. The van der Waals surface area contributed by atoms with Crippen molar-refractivity contribution < 1.29 is 36.9 Å². The zero-order valence-corrected chi connectivity index (χ0v) is 14.8. The van der Waals surface area contributed by atoms with E-state index in [4.69, 9.17) is 18.9 Å². The summed E-state index contributed by atoms with van der Waals surface area (Å²) in [4.78, 5) is 11.9. The maximum absolute atomic E-state index is 12.5. The Kier molecular flexibility index (Phi) is 6.33. The van der Waals surface area contributed by atoms with Crippen molar-refractivity contribution in [2.45, 2.75) is 6.18 Å². The number of esters is 1. The summed E-state index contributed by atoms with van der Waals surface area (Å²) >= 11 is 0. The SMILES string of the molecule is COc1cc(C=CC(=O)Oc2ccc(C(F)(F)F)cc2)cc(OC)c1OC. The Morgan fingerprint density at radius 2 is 1.48 bits per heavy atom. The van der Waals surface area contributed by atoms with Crippen LogP contribution in [-0.2, 0) is 11.0 Å². The molecule has 8 heteroatoms. The van der Waals surface area contributed by atoms with Gasteiger partial charge in [0.2, 0.25) is 5.75 Å². The fourth-order valence-corrected chi connectivity index (χ4v) is 2.22. The number of carbonyl (C=O) groups is 1. The summed E-state index contributed by atoms with van der Waals surface area (Å²) in [5.74, 6) is 0.482. The van der Waals surface area contributed by atoms with Crippen molar-refractivity contribution in [2.24, 2.45) is 0 Å². The first-order valence-corrected chi connectivity index (χ1v) is 7.65. The highest BCUT2D eigenvalue weighted by molar-refractivity contribution is 5.89. The van der Waals surface area contributed by atoms with Crippen molar-refractivity contribution in [3.63, 3.8) is 0 Å². The van der Waals surface area contributed by atoms with E-state index in [0.717, 1.165) is 30.3 Å². The van der Waals surface area contributed by atoms with Gasteiger partial charge in [-0.1, -0.05) is 0 Å². The summed E-state index contributed by atoms with van der Waals surface area (Å²) in [6.07, 6.45) is -1.86. The second-order valence-electron chi connectivity index (χ2n) is 5.24. The molecule has 0 aliphatic carbocycles. The third-order valence-corrected chi connectivity index (χ3v) is 3.50. The molecule has 27 heavy (non-hydrogen) atoms. The van der Waals surface area contributed by atoms with E-state index < -0.39 is 17.7 Å². The summed E-state index contributed by atoms with van der Waals surface area (Å²) in [5, 5.41) is 0. The molecule has 2 rings (SSSR count). The molecule has 0 atom stereocenters. The van der Waals surface area contributed by atoms with Crippen LogP contribution >= 0.6 is 0 Å². The van der Waals surface area contributed by atoms with Crippen LogP contribution in [0.5, 0.6) is 23.0 Å². The van der Waals surface area contributed by atoms with Gasteiger partial charge in [0.05, 0.1) is 26.9 Å². The molecule has 0 bridgehead atoms. The first kappa shape index (κ1) is 20.2. The minimum atomic E-state index is -4.45. The van der Waals surface area contributed by atoms with E-state index in [1.165, 1.54) is 27.4 Å². The zero-order valence-electron chi connectivity index (χ0n) is 14.8. The molecule has 0 aromatic heterocycles. The van der Waals surface area contributed by atoms with Gasteiger partial charge in [0.25, 0.3) is 0 Å². The van der Waals surface area contributed by atoms with E-state index in [1.54, 1.807) is 12.1 Å². The Bertz CT molecular complexity index is 801. The number of alkyl halides is 3. The van der Waals surface area contributed by atoms with E-state index in [9.17, 15) is 18.0 Å². The molecule has 5 nitrogen and oxygen atoms in total. The van der Waals surface area contributed by atoms with Crippen LogP contribution in [0.25, 0.3) is 6.08 Å². The summed E-state index contributed by atoms with van der Waals surface area (Å²) in [5.41, 5.74) is -0.246. The van der Waals surface area contributed by atoms with Gasteiger partial charge in [-0.05, 0) is 48.0 Å². The largest absolute Gasteiger partial charge is 0.493 e. The molecule has 2 aromatic carbocycles. The number of halogens is 3. The van der Waals surface area contributed by atoms with Crippen molar-refractivity contribution in [2.75, 3.05) is 21.3 Å². The van der Waals surface area contributed by atoms with Gasteiger partial charge in [-0.3, -0.25) is 0 Å². The molecule has 0 radical (unpaired) electrons. The highest BCUT2D eigenvalue weighted by Crippen LogP contribution is 2.38. The van der Waals surface area contributed by atoms with Crippen LogP contribution in [0.2, 0.25) is 0 Å². The van der Waals surface area contributed by atoms with Crippen molar-refractivity contribution in [1.82, 2.24) is 0 Å². The highest BCUT2D eigenvalue weighted by atomic mass is 19.4. The third kappa shape index (κ3) is 5.16. The number of hydrogen-bond donors (Lipinski definition) is 0. The Morgan fingerprint density at radius 1 is 0.926 bits per heavy atom. The van der Waals surface area contributed by atoms with Crippen molar-refractivity contribution >= 4 is 12.0 Å². The van der Waals surface area contributed by atoms with Gasteiger partial charge in [0, 0.05) is 6.08 Å². The molecule has 0 aliphatic heterocycles. The van der Waals surface area contributed by atoms with Gasteiger partial charge in [-0.15, -0.1) is 0 Å². The van der Waals surface area contributed by atoms with Gasteiger partial charge < -0.3 is 18.9 Å². The third-order valence-electron chi connectivity index (χ3n) is 3.50. The molecule has 0 spiro atoms. The standard InChI is InChI=1S/C19H17F3O5/c1-24-15-10-12(11-16(25-2)18(15)26-3)4-9-17(23)27-14-7-5-13(6-8-14)19(20,21)22/h4-11H,1-3H3. The van der Waals surface area contributed by atoms with Crippen LogP contribution in [0.3, 0.4) is 0 Å². The van der Waals surface area contributed by atoms with Crippen LogP contribution in [0.15, 0.2) is 42.5 Å². The maximum atomic E-state index is 12.5. The predicted molar refractivity (Wildman–Crippen MR) is 92.2 cm³/mol. The van der Waals surface area contributed by atoms with Crippen LogP contribution in [0.4, 0.5) is 13.2 Å². The Hall–Kier alpha value is -3.16. The lowest BCUT2D eigenvalue weighted by Gasteiger charge is -2.12. The molecule has 0 heterocycles. The Balaban J connectivity index is 2.12. The summed E-state index contributed by atoms with van der Waals surface area (Å²) < 4.78 is 58.2. The second kappa shape index (κ2) is 8.48. The van der Waals surface area contributed by atoms with E-state index in [1.807, 2.05) is 0 Å². The highest BCUT2D eigenvalue weighted by Gasteiger charge is 2.30. The minimum absolute atomic E-state index is 0.00235. The second-order valence-corrected chi connectivity index (χ2v) is 5.24. The molecular formula is C19H17F3O5. The molecule has 0 saturated heterocycles. The lowest BCUT2D eigenvalue weighted by atomic mass is 10.1. The summed E-state index contributed by atoms with van der Waals surface area (Å²) in [7, 11) is 4.39. The number of hydrogen-bond acceptors (Lipinski definition) is 5. The van der Waals surface area contributed by atoms with Gasteiger partial charge in [0.1, 0.15) is 5.75 Å². The average Bonchev–Trinajstić information content (AvgIpc) is 2.65. The fourth-order valence-electron chi connectivity index (χ4n) is 2.22. The Morgan fingerprint density at radius 3 is 1.93 bits per heavy atom. The summed E-state index contributed by atoms with van der Waals surface area (Å²) in [6.45, 7) is 0. The smallest absolute Gasteiger partial charge is 0.416 e. The molecular weight excluding hydrogens is 365 g/mol. The van der Waals surface area contributed by atoms with Gasteiger partial charge in [-0.25, -0.2) is 4.79 Å².